The predicted octanol–water partition coefficient (Wildman–Crippen LogP) is 5.79. The number of hydrogen-bond donors (Lipinski definition) is 0. The summed E-state index contributed by atoms with van der Waals surface area (Å²) in [5.74, 6) is 0. The van der Waals surface area contributed by atoms with E-state index in [1.165, 1.54) is 38.1 Å². The Morgan fingerprint density at radius 1 is 1.15 bits per heavy atom. The second kappa shape index (κ2) is 7.45. The quantitative estimate of drug-likeness (QED) is 0.401. The van der Waals surface area contributed by atoms with Gasteiger partial charge in [0.1, 0.15) is 0 Å². The van der Waals surface area contributed by atoms with Crippen molar-refractivity contribution in [3.05, 3.63) is 35.4 Å². The Kier molecular flexibility index (Phi) is 6.80. The van der Waals surface area contributed by atoms with E-state index in [0.717, 1.165) is 5.56 Å². The van der Waals surface area contributed by atoms with Gasteiger partial charge >= 0.3 is 13.3 Å². The molecule has 8 heteroatoms. The fraction of sp³-hybridized carbons (Fsp3) is 0.500. The molecular weight excluding hydrogens is 421 g/mol. The van der Waals surface area contributed by atoms with Crippen LogP contribution in [0, 0.1) is 0 Å². The highest BCUT2D eigenvalue weighted by molar-refractivity contribution is 9.24. The summed E-state index contributed by atoms with van der Waals surface area (Å²) < 4.78 is 50.3. The summed E-state index contributed by atoms with van der Waals surface area (Å²) in [5, 5.41) is 0. The first-order valence-electron chi connectivity index (χ1n) is 5.94. The van der Waals surface area contributed by atoms with E-state index in [0.29, 0.717) is 0 Å². The molecule has 0 unspecified atom stereocenters. The minimum atomic E-state index is -4.54. The molecule has 0 saturated carbocycles. The molecular formula is C12H15Br2F2O3P. The van der Waals surface area contributed by atoms with E-state index in [1.54, 1.807) is 0 Å². The number of rotatable bonds is 7. The summed E-state index contributed by atoms with van der Waals surface area (Å²) in [5.41, 5.74) is -3.31. The largest absolute Gasteiger partial charge is 0.404 e. The monoisotopic (exact) mass is 434 g/mol. The zero-order valence-corrected chi connectivity index (χ0v) is 15.1. The van der Waals surface area contributed by atoms with E-state index in [9.17, 15) is 13.3 Å². The predicted molar refractivity (Wildman–Crippen MR) is 81.8 cm³/mol. The molecule has 0 aromatic heterocycles. The first kappa shape index (κ1) is 18.2. The standard InChI is InChI=1S/C12H15Br2F2O3P/c1-3-18-20(17,19-4-2)12(15,16)10-7-5-9(6-8-10)11(13)14/h5-8,11H,3-4H2,1-2H3. The van der Waals surface area contributed by atoms with Crippen molar-refractivity contribution in [1.82, 2.24) is 0 Å². The van der Waals surface area contributed by atoms with Crippen LogP contribution in [0.3, 0.4) is 0 Å². The molecule has 1 aromatic carbocycles. The Bertz CT molecular complexity index is 470. The van der Waals surface area contributed by atoms with Crippen molar-refractivity contribution in [3.8, 4) is 0 Å². The Labute approximate surface area is 133 Å². The third-order valence-corrected chi connectivity index (χ3v) is 5.65. The van der Waals surface area contributed by atoms with Crippen molar-refractivity contribution in [1.29, 1.82) is 0 Å². The summed E-state index contributed by atoms with van der Waals surface area (Å²) in [7, 11) is -4.54. The lowest BCUT2D eigenvalue weighted by Crippen LogP contribution is -2.18. The van der Waals surface area contributed by atoms with E-state index in [2.05, 4.69) is 31.9 Å². The smallest absolute Gasteiger partial charge is 0.304 e. The highest BCUT2D eigenvalue weighted by Gasteiger charge is 2.54. The summed E-state index contributed by atoms with van der Waals surface area (Å²) >= 11 is 6.54. The van der Waals surface area contributed by atoms with Crippen LogP contribution in [0.5, 0.6) is 0 Å². The molecule has 1 rings (SSSR count). The molecule has 0 aliphatic carbocycles. The molecule has 1 aromatic rings. The zero-order chi connectivity index (χ0) is 15.4. The molecule has 114 valence electrons. The van der Waals surface area contributed by atoms with Gasteiger partial charge in [-0.05, 0) is 19.4 Å². The maximum absolute atomic E-state index is 14.4. The van der Waals surface area contributed by atoms with Gasteiger partial charge in [0, 0.05) is 5.56 Å². The van der Waals surface area contributed by atoms with Crippen LogP contribution in [-0.2, 0) is 19.3 Å². The van der Waals surface area contributed by atoms with Crippen LogP contribution in [0.25, 0.3) is 0 Å². The molecule has 0 N–H and O–H groups in total. The summed E-state index contributed by atoms with van der Waals surface area (Å²) in [6.45, 7) is 2.75. The maximum Gasteiger partial charge on any atom is 0.404 e. The Morgan fingerprint density at radius 3 is 1.95 bits per heavy atom. The molecule has 20 heavy (non-hydrogen) atoms. The van der Waals surface area contributed by atoms with Gasteiger partial charge in [-0.1, -0.05) is 56.1 Å². The molecule has 0 aliphatic rings. The lowest BCUT2D eigenvalue weighted by Gasteiger charge is -2.26. The Hall–Kier alpha value is 0.190. The fourth-order valence-corrected chi connectivity index (χ4v) is 3.68. The van der Waals surface area contributed by atoms with Crippen molar-refractivity contribution in [2.75, 3.05) is 13.2 Å². The SMILES string of the molecule is CCOP(=O)(OCC)C(F)(F)c1ccc(C(Br)Br)cc1. The Morgan fingerprint density at radius 2 is 1.60 bits per heavy atom. The second-order valence-corrected chi connectivity index (χ2v) is 8.93. The molecule has 0 heterocycles. The first-order valence-corrected chi connectivity index (χ1v) is 9.31. The number of halogens is 4. The molecule has 0 spiro atoms. The summed E-state index contributed by atoms with van der Waals surface area (Å²) in [6.07, 6.45) is 0. The van der Waals surface area contributed by atoms with Crippen LogP contribution < -0.4 is 0 Å². The van der Waals surface area contributed by atoms with E-state index in [-0.39, 0.29) is 17.0 Å². The van der Waals surface area contributed by atoms with Crippen LogP contribution in [-0.4, -0.2) is 13.2 Å². The molecule has 0 aliphatic heterocycles. The van der Waals surface area contributed by atoms with E-state index >= 15 is 0 Å². The minimum absolute atomic E-state index is 0.115. The molecule has 0 atom stereocenters. The van der Waals surface area contributed by atoms with Crippen molar-refractivity contribution in [2.45, 2.75) is 23.2 Å². The first-order chi connectivity index (χ1) is 9.28. The molecule has 0 radical (unpaired) electrons. The van der Waals surface area contributed by atoms with Gasteiger partial charge in [0.05, 0.1) is 17.0 Å². The van der Waals surface area contributed by atoms with Crippen LogP contribution >= 0.6 is 39.5 Å². The number of alkyl halides is 4. The van der Waals surface area contributed by atoms with Gasteiger partial charge in [0.15, 0.2) is 0 Å². The minimum Gasteiger partial charge on any atom is -0.304 e. The average molecular weight is 436 g/mol. The second-order valence-electron chi connectivity index (χ2n) is 3.80. The van der Waals surface area contributed by atoms with Gasteiger partial charge in [-0.25, -0.2) is 0 Å². The van der Waals surface area contributed by atoms with Crippen molar-refractivity contribution in [3.63, 3.8) is 0 Å². The highest BCUT2D eigenvalue weighted by Crippen LogP contribution is 2.66. The van der Waals surface area contributed by atoms with Crippen molar-refractivity contribution in [2.24, 2.45) is 0 Å². The molecule has 0 bridgehead atoms. The van der Waals surface area contributed by atoms with Crippen LogP contribution in [0.2, 0.25) is 0 Å². The van der Waals surface area contributed by atoms with Gasteiger partial charge in [0.2, 0.25) is 0 Å². The number of hydrogen-bond acceptors (Lipinski definition) is 3. The molecule has 0 amide bonds. The molecule has 3 nitrogen and oxygen atoms in total. The third-order valence-electron chi connectivity index (χ3n) is 2.45. The fourth-order valence-electron chi connectivity index (χ4n) is 1.53. The average Bonchev–Trinajstić information content (AvgIpc) is 2.39. The van der Waals surface area contributed by atoms with Crippen molar-refractivity contribution >= 4 is 39.5 Å². The highest BCUT2D eigenvalue weighted by atomic mass is 79.9. The van der Waals surface area contributed by atoms with Gasteiger partial charge in [-0.2, -0.15) is 8.78 Å². The molecule has 0 saturated heterocycles. The van der Waals surface area contributed by atoms with Crippen LogP contribution in [0.1, 0.15) is 28.7 Å². The third kappa shape index (κ3) is 3.89. The number of benzene rings is 1. The van der Waals surface area contributed by atoms with Gasteiger partial charge in [-0.15, -0.1) is 0 Å². The van der Waals surface area contributed by atoms with Gasteiger partial charge < -0.3 is 9.05 Å². The Balaban J connectivity index is 3.15. The lowest BCUT2D eigenvalue weighted by molar-refractivity contribution is 0.0360. The lowest BCUT2D eigenvalue weighted by atomic mass is 10.1. The summed E-state index contributed by atoms with van der Waals surface area (Å²) in [4.78, 5) is 0. The normalized spacial score (nSPS) is 12.9. The van der Waals surface area contributed by atoms with Crippen molar-refractivity contribution < 1.29 is 22.4 Å². The van der Waals surface area contributed by atoms with Gasteiger partial charge in [0.25, 0.3) is 0 Å². The van der Waals surface area contributed by atoms with E-state index in [4.69, 9.17) is 9.05 Å². The van der Waals surface area contributed by atoms with Crippen LogP contribution in [0.4, 0.5) is 8.78 Å². The molecule has 0 fully saturated rings. The maximum atomic E-state index is 14.4. The van der Waals surface area contributed by atoms with Crippen LogP contribution in [0.15, 0.2) is 24.3 Å². The zero-order valence-electron chi connectivity index (χ0n) is 11.0. The van der Waals surface area contributed by atoms with E-state index < -0.39 is 18.8 Å². The van der Waals surface area contributed by atoms with E-state index in [1.807, 2.05) is 0 Å². The van der Waals surface area contributed by atoms with Gasteiger partial charge in [-0.3, -0.25) is 4.57 Å². The topological polar surface area (TPSA) is 35.5 Å². The summed E-state index contributed by atoms with van der Waals surface area (Å²) in [6, 6.07) is 5.46.